The largest absolute Gasteiger partial charge is 0.490 e. The molecule has 0 aliphatic carbocycles. The first kappa shape index (κ1) is 27.6. The van der Waals surface area contributed by atoms with Gasteiger partial charge in [-0.25, -0.2) is 0 Å². The molecule has 0 bridgehead atoms. The minimum Gasteiger partial charge on any atom is -0.490 e. The van der Waals surface area contributed by atoms with Gasteiger partial charge in [-0.15, -0.1) is 0 Å². The summed E-state index contributed by atoms with van der Waals surface area (Å²) >= 11 is 6.18. The summed E-state index contributed by atoms with van der Waals surface area (Å²) in [4.78, 5) is 18.3. The molecular weight excluding hydrogens is 453 g/mol. The van der Waals surface area contributed by atoms with Crippen molar-refractivity contribution in [2.45, 2.75) is 45.4 Å². The normalized spacial score (nSPS) is 13.9. The van der Waals surface area contributed by atoms with Gasteiger partial charge in [-0.3, -0.25) is 14.8 Å². The summed E-state index contributed by atoms with van der Waals surface area (Å²) in [5.41, 5.74) is -3.45. The number of hydrogen-bond donors (Lipinski definition) is 2. The third-order valence-corrected chi connectivity index (χ3v) is 4.65. The van der Waals surface area contributed by atoms with Crippen LogP contribution < -0.4 is 4.74 Å². The predicted molar refractivity (Wildman–Crippen MR) is 111 cm³/mol. The van der Waals surface area contributed by atoms with Gasteiger partial charge in [0.05, 0.1) is 11.9 Å². The monoisotopic (exact) mass is 478 g/mol. The molecule has 178 valence electrons. The zero-order chi connectivity index (χ0) is 24.5. The van der Waals surface area contributed by atoms with Crippen molar-refractivity contribution in [1.82, 2.24) is 9.97 Å². The molecule has 2 N–H and O–H groups in total. The fraction of sp³-hybridized carbons (Fsp3) is 0.476. The number of aliphatic hydroxyl groups is 2. The van der Waals surface area contributed by atoms with Crippen LogP contribution in [0.2, 0.25) is 5.02 Å². The van der Waals surface area contributed by atoms with Crippen molar-refractivity contribution in [3.8, 4) is 5.75 Å². The van der Waals surface area contributed by atoms with Crippen molar-refractivity contribution >= 4 is 17.6 Å². The van der Waals surface area contributed by atoms with E-state index in [9.17, 15) is 23.1 Å². The lowest BCUT2D eigenvalue weighted by Crippen LogP contribution is -2.47. The molecule has 0 radical (unpaired) electrons. The van der Waals surface area contributed by atoms with Crippen molar-refractivity contribution < 1.29 is 37.7 Å². The maximum Gasteiger partial charge on any atom is 0.423 e. The van der Waals surface area contributed by atoms with Gasteiger partial charge in [0.15, 0.2) is 0 Å². The summed E-state index contributed by atoms with van der Waals surface area (Å²) in [6.45, 7) is 6.04. The van der Waals surface area contributed by atoms with E-state index >= 15 is 0 Å². The lowest BCUT2D eigenvalue weighted by Gasteiger charge is -2.35. The number of alkyl halides is 3. The highest BCUT2D eigenvalue weighted by molar-refractivity contribution is 6.31. The molecule has 2 atom stereocenters. The van der Waals surface area contributed by atoms with Gasteiger partial charge in [0.2, 0.25) is 5.60 Å². The molecule has 0 fully saturated rings. The van der Waals surface area contributed by atoms with Gasteiger partial charge in [-0.2, -0.15) is 13.2 Å². The van der Waals surface area contributed by atoms with Crippen molar-refractivity contribution in [3.63, 3.8) is 0 Å². The summed E-state index contributed by atoms with van der Waals surface area (Å²) in [5.74, 6) is -1.66. The molecule has 0 aliphatic rings. The SMILES string of the molecule is CC(=O)OCCOc1ccc(C(C)C(O)(c2cnc(C)cn2)C(F)(F)F)c(Cl)c1.CCO. The van der Waals surface area contributed by atoms with E-state index in [-0.39, 0.29) is 36.2 Å². The highest BCUT2D eigenvalue weighted by Crippen LogP contribution is 2.49. The molecule has 0 aliphatic heterocycles. The number of esters is 1. The minimum absolute atomic E-state index is 0.0189. The van der Waals surface area contributed by atoms with Gasteiger partial charge < -0.3 is 19.7 Å². The summed E-state index contributed by atoms with van der Waals surface area (Å²) in [6, 6.07) is 4.09. The molecular formula is C21H26ClF3N2O5. The third kappa shape index (κ3) is 7.04. The van der Waals surface area contributed by atoms with Crippen LogP contribution in [0.5, 0.6) is 5.75 Å². The van der Waals surface area contributed by atoms with Crippen LogP contribution in [0, 0.1) is 6.92 Å². The molecule has 0 saturated heterocycles. The Morgan fingerprint density at radius 2 is 1.84 bits per heavy atom. The summed E-state index contributed by atoms with van der Waals surface area (Å²) in [5, 5.41) is 18.2. The van der Waals surface area contributed by atoms with E-state index in [1.165, 1.54) is 32.0 Å². The number of aromatic nitrogens is 2. The van der Waals surface area contributed by atoms with Gasteiger partial charge in [0.25, 0.3) is 0 Å². The molecule has 7 nitrogen and oxygen atoms in total. The molecule has 0 spiro atoms. The fourth-order valence-corrected chi connectivity index (χ4v) is 3.05. The zero-order valence-corrected chi connectivity index (χ0v) is 18.9. The number of ether oxygens (including phenoxy) is 2. The van der Waals surface area contributed by atoms with Crippen LogP contribution in [0.25, 0.3) is 0 Å². The van der Waals surface area contributed by atoms with Crippen LogP contribution in [0.3, 0.4) is 0 Å². The fourth-order valence-electron chi connectivity index (χ4n) is 2.72. The number of carbonyl (C=O) groups excluding carboxylic acids is 1. The highest BCUT2D eigenvalue weighted by atomic mass is 35.5. The Balaban J connectivity index is 0.00000161. The van der Waals surface area contributed by atoms with E-state index in [0.29, 0.717) is 5.69 Å². The number of halogens is 4. The average Bonchev–Trinajstić information content (AvgIpc) is 2.70. The van der Waals surface area contributed by atoms with Crippen molar-refractivity contribution in [3.05, 3.63) is 52.6 Å². The third-order valence-electron chi connectivity index (χ3n) is 4.33. The van der Waals surface area contributed by atoms with Crippen molar-refractivity contribution in [1.29, 1.82) is 0 Å². The van der Waals surface area contributed by atoms with Crippen LogP contribution in [0.15, 0.2) is 30.6 Å². The van der Waals surface area contributed by atoms with Crippen LogP contribution in [0.4, 0.5) is 13.2 Å². The van der Waals surface area contributed by atoms with Crippen LogP contribution in [-0.4, -0.2) is 52.1 Å². The van der Waals surface area contributed by atoms with E-state index in [2.05, 4.69) is 9.97 Å². The number of carbonyl (C=O) groups is 1. The summed E-state index contributed by atoms with van der Waals surface area (Å²) in [7, 11) is 0. The Labute approximate surface area is 189 Å². The molecule has 0 amide bonds. The van der Waals surface area contributed by atoms with E-state index in [4.69, 9.17) is 26.2 Å². The van der Waals surface area contributed by atoms with Gasteiger partial charge in [0.1, 0.15) is 24.7 Å². The second kappa shape index (κ2) is 12.0. The second-order valence-electron chi connectivity index (χ2n) is 6.72. The number of aryl methyl sites for hydroxylation is 1. The van der Waals surface area contributed by atoms with Gasteiger partial charge in [-0.1, -0.05) is 24.6 Å². The van der Waals surface area contributed by atoms with Crippen molar-refractivity contribution in [2.75, 3.05) is 19.8 Å². The Hall–Kier alpha value is -2.43. The van der Waals surface area contributed by atoms with Crippen LogP contribution >= 0.6 is 11.6 Å². The zero-order valence-electron chi connectivity index (χ0n) is 18.1. The minimum atomic E-state index is -5.03. The Morgan fingerprint density at radius 3 is 2.31 bits per heavy atom. The first-order valence-corrected chi connectivity index (χ1v) is 10.0. The Kier molecular flexibility index (Phi) is 10.3. The molecule has 0 saturated carbocycles. The van der Waals surface area contributed by atoms with E-state index in [1.54, 1.807) is 13.8 Å². The number of nitrogens with zero attached hydrogens (tertiary/aromatic N) is 2. The van der Waals surface area contributed by atoms with E-state index in [1.807, 2.05) is 0 Å². The molecule has 2 unspecified atom stereocenters. The van der Waals surface area contributed by atoms with Gasteiger partial charge >= 0.3 is 12.1 Å². The standard InChI is InChI=1S/C19H20ClF3N2O4.C2H6O/c1-11-9-25-17(10-24-11)18(27,19(21,22)23)12(2)15-5-4-14(8-16(15)20)29-7-6-28-13(3)26;1-2-3/h4-5,8-10,12,27H,6-7H2,1-3H3;3H,2H2,1H3. The van der Waals surface area contributed by atoms with Crippen LogP contribution in [-0.2, 0) is 15.1 Å². The summed E-state index contributed by atoms with van der Waals surface area (Å²) < 4.78 is 51.7. The Morgan fingerprint density at radius 1 is 1.22 bits per heavy atom. The lowest BCUT2D eigenvalue weighted by atomic mass is 9.80. The molecule has 11 heteroatoms. The molecule has 1 aromatic carbocycles. The number of aliphatic hydroxyl groups excluding tert-OH is 1. The number of hydrogen-bond acceptors (Lipinski definition) is 7. The van der Waals surface area contributed by atoms with Gasteiger partial charge in [-0.05, 0) is 31.5 Å². The summed E-state index contributed by atoms with van der Waals surface area (Å²) in [6.07, 6.45) is -2.97. The maximum atomic E-state index is 13.9. The average molecular weight is 479 g/mol. The topological polar surface area (TPSA) is 102 Å². The predicted octanol–water partition coefficient (Wildman–Crippen LogP) is 3.93. The smallest absolute Gasteiger partial charge is 0.423 e. The quantitative estimate of drug-likeness (QED) is 0.459. The van der Waals surface area contributed by atoms with Crippen LogP contribution in [0.1, 0.15) is 43.6 Å². The molecule has 1 heterocycles. The molecule has 2 rings (SSSR count). The number of rotatable bonds is 7. The van der Waals surface area contributed by atoms with Gasteiger partial charge in [0, 0.05) is 30.7 Å². The molecule has 1 aromatic heterocycles. The first-order chi connectivity index (χ1) is 14.9. The number of benzene rings is 1. The highest BCUT2D eigenvalue weighted by Gasteiger charge is 2.60. The van der Waals surface area contributed by atoms with Crippen molar-refractivity contribution in [2.24, 2.45) is 0 Å². The maximum absolute atomic E-state index is 13.9. The van der Waals surface area contributed by atoms with E-state index < -0.39 is 29.4 Å². The molecule has 32 heavy (non-hydrogen) atoms. The second-order valence-corrected chi connectivity index (χ2v) is 7.12. The molecule has 2 aromatic rings. The van der Waals surface area contributed by atoms with E-state index in [0.717, 1.165) is 12.4 Å². The lowest BCUT2D eigenvalue weighted by molar-refractivity contribution is -0.276. The first-order valence-electron chi connectivity index (χ1n) is 9.63. The Bertz CT molecular complexity index is 881.